The van der Waals surface area contributed by atoms with E-state index in [1.807, 2.05) is 35.1 Å². The first-order chi connectivity index (χ1) is 16.1. The number of hydrogen-bond donors (Lipinski definition) is 2. The lowest BCUT2D eigenvalue weighted by Crippen LogP contribution is -2.37. The van der Waals surface area contributed by atoms with Gasteiger partial charge in [-0.1, -0.05) is 50.2 Å². The molecule has 2 saturated heterocycles. The average Bonchev–Trinajstić information content (AvgIpc) is 3.42. The van der Waals surface area contributed by atoms with Gasteiger partial charge in [-0.15, -0.1) is 0 Å². The molecule has 5 heterocycles. The van der Waals surface area contributed by atoms with Crippen LogP contribution in [0.25, 0.3) is 28.0 Å². The number of fused-ring (bicyclic) bond motifs is 3. The Morgan fingerprint density at radius 1 is 0.970 bits per heavy atom. The summed E-state index contributed by atoms with van der Waals surface area (Å²) in [6.45, 7) is 4.41. The molecular formula is C27H30N6. The Morgan fingerprint density at radius 2 is 1.73 bits per heavy atom. The van der Waals surface area contributed by atoms with Crippen molar-refractivity contribution < 1.29 is 0 Å². The fraction of sp³-hybridized carbons (Fsp3) is 0.370. The number of anilines is 1. The van der Waals surface area contributed by atoms with E-state index in [2.05, 4.69) is 48.5 Å². The van der Waals surface area contributed by atoms with Gasteiger partial charge in [0.2, 0.25) is 0 Å². The number of nitrogens with zero attached hydrogens (tertiary/aromatic N) is 4. The van der Waals surface area contributed by atoms with Crippen molar-refractivity contribution in [1.29, 1.82) is 0 Å². The molecule has 0 aliphatic carbocycles. The zero-order valence-electron chi connectivity index (χ0n) is 19.2. The third kappa shape index (κ3) is 3.49. The highest BCUT2D eigenvalue weighted by Crippen LogP contribution is 2.41. The summed E-state index contributed by atoms with van der Waals surface area (Å²) in [6.07, 6.45) is 8.60. The van der Waals surface area contributed by atoms with Crippen LogP contribution in [0.5, 0.6) is 0 Å². The first-order valence-electron chi connectivity index (χ1n) is 12.0. The van der Waals surface area contributed by atoms with E-state index in [1.165, 1.54) is 18.5 Å². The zero-order chi connectivity index (χ0) is 22.5. The van der Waals surface area contributed by atoms with Gasteiger partial charge in [-0.05, 0) is 37.7 Å². The van der Waals surface area contributed by atoms with E-state index < -0.39 is 0 Å². The molecule has 3 atom stereocenters. The third-order valence-electron chi connectivity index (χ3n) is 7.33. The van der Waals surface area contributed by atoms with Crippen LogP contribution in [0.15, 0.2) is 54.9 Å². The molecule has 3 aromatic heterocycles. The molecule has 2 fully saturated rings. The summed E-state index contributed by atoms with van der Waals surface area (Å²) in [4.78, 5) is 9.98. The lowest BCUT2D eigenvalue weighted by Gasteiger charge is -2.31. The van der Waals surface area contributed by atoms with Crippen molar-refractivity contribution in [3.63, 3.8) is 0 Å². The molecule has 0 saturated carbocycles. The largest absolute Gasteiger partial charge is 0.383 e. The molecule has 1 unspecified atom stereocenters. The summed E-state index contributed by atoms with van der Waals surface area (Å²) in [7, 11) is 0. The predicted molar refractivity (Wildman–Crippen MR) is 132 cm³/mol. The van der Waals surface area contributed by atoms with E-state index in [0.29, 0.717) is 23.9 Å². The second-order valence-corrected chi connectivity index (χ2v) is 9.85. The van der Waals surface area contributed by atoms with Crippen molar-refractivity contribution in [2.45, 2.75) is 63.5 Å². The Morgan fingerprint density at radius 3 is 2.39 bits per heavy atom. The van der Waals surface area contributed by atoms with Gasteiger partial charge in [-0.3, -0.25) is 4.98 Å². The van der Waals surface area contributed by atoms with E-state index in [1.54, 1.807) is 0 Å². The summed E-state index contributed by atoms with van der Waals surface area (Å²) in [6, 6.07) is 15.6. The molecule has 2 bridgehead atoms. The Labute approximate surface area is 194 Å². The van der Waals surface area contributed by atoms with Crippen molar-refractivity contribution in [2.24, 2.45) is 0 Å². The number of nitrogen functional groups attached to an aromatic ring is 1. The smallest absolute Gasteiger partial charge is 0.165 e. The monoisotopic (exact) mass is 438 g/mol. The van der Waals surface area contributed by atoms with E-state index in [-0.39, 0.29) is 0 Å². The molecule has 2 aliphatic heterocycles. The fourth-order valence-corrected chi connectivity index (χ4v) is 5.77. The number of benzene rings is 1. The molecule has 0 amide bonds. The van der Waals surface area contributed by atoms with Crippen molar-refractivity contribution in [3.8, 4) is 22.4 Å². The topological polar surface area (TPSA) is 81.1 Å². The van der Waals surface area contributed by atoms with Gasteiger partial charge in [0.05, 0.1) is 17.6 Å². The highest BCUT2D eigenvalue weighted by molar-refractivity contribution is 5.79. The first-order valence-corrected chi connectivity index (χ1v) is 12.0. The molecule has 6 rings (SSSR count). The number of nitrogens with two attached hydrogens (primary N) is 1. The van der Waals surface area contributed by atoms with Crippen LogP contribution < -0.4 is 11.1 Å². The quantitative estimate of drug-likeness (QED) is 0.460. The van der Waals surface area contributed by atoms with Crippen molar-refractivity contribution >= 4 is 11.5 Å². The zero-order valence-corrected chi connectivity index (χ0v) is 19.2. The van der Waals surface area contributed by atoms with Crippen molar-refractivity contribution in [1.82, 2.24) is 24.9 Å². The van der Waals surface area contributed by atoms with Gasteiger partial charge in [0.15, 0.2) is 5.65 Å². The van der Waals surface area contributed by atoms with Crippen LogP contribution in [0.3, 0.4) is 0 Å². The Kier molecular flexibility index (Phi) is 4.91. The van der Waals surface area contributed by atoms with E-state index in [9.17, 15) is 0 Å². The van der Waals surface area contributed by atoms with Gasteiger partial charge < -0.3 is 11.1 Å². The van der Waals surface area contributed by atoms with Crippen LogP contribution in [0, 0.1) is 0 Å². The van der Waals surface area contributed by atoms with Gasteiger partial charge in [-0.2, -0.15) is 9.61 Å². The molecular weight excluding hydrogens is 408 g/mol. The maximum atomic E-state index is 6.73. The molecule has 2 aliphatic rings. The van der Waals surface area contributed by atoms with Crippen molar-refractivity contribution in [2.75, 3.05) is 5.73 Å². The Bertz CT molecular complexity index is 1280. The molecule has 168 valence electrons. The predicted octanol–water partition coefficient (Wildman–Crippen LogP) is 5.16. The maximum Gasteiger partial charge on any atom is 0.165 e. The van der Waals surface area contributed by atoms with Gasteiger partial charge in [-0.25, -0.2) is 4.98 Å². The van der Waals surface area contributed by atoms with Gasteiger partial charge >= 0.3 is 0 Å². The molecule has 3 N–H and O–H groups in total. The standard InChI is InChI=1S/C27H30N6/c1-16(2)24-25(19-12-20-9-10-21(13-19)31-20)32-27-22(15-30-33(27)26(24)28)18-8-11-23(29-14-18)17-6-4-3-5-7-17/h3-8,11,14-16,19-21,31H,9-10,12-13,28H2,1-2H3/t19?,20-,21+. The molecule has 4 aromatic rings. The van der Waals surface area contributed by atoms with Crippen LogP contribution in [0.1, 0.15) is 62.6 Å². The number of piperidine rings is 1. The minimum absolute atomic E-state index is 0.295. The summed E-state index contributed by atoms with van der Waals surface area (Å²) >= 11 is 0. The number of hydrogen-bond acceptors (Lipinski definition) is 5. The van der Waals surface area contributed by atoms with Crippen LogP contribution in [0.2, 0.25) is 0 Å². The van der Waals surface area contributed by atoms with Crippen LogP contribution in [0.4, 0.5) is 5.82 Å². The summed E-state index contributed by atoms with van der Waals surface area (Å²) < 4.78 is 1.81. The number of rotatable bonds is 4. The van der Waals surface area contributed by atoms with E-state index in [0.717, 1.165) is 52.3 Å². The molecule has 6 nitrogen and oxygen atoms in total. The van der Waals surface area contributed by atoms with Crippen LogP contribution in [-0.2, 0) is 0 Å². The summed E-state index contributed by atoms with van der Waals surface area (Å²) in [5.74, 6) is 1.45. The van der Waals surface area contributed by atoms with Gasteiger partial charge in [0.25, 0.3) is 0 Å². The van der Waals surface area contributed by atoms with Crippen LogP contribution in [-0.4, -0.2) is 31.7 Å². The minimum atomic E-state index is 0.295. The van der Waals surface area contributed by atoms with Gasteiger partial charge in [0.1, 0.15) is 5.82 Å². The molecule has 0 radical (unpaired) electrons. The molecule has 33 heavy (non-hydrogen) atoms. The fourth-order valence-electron chi connectivity index (χ4n) is 5.77. The van der Waals surface area contributed by atoms with Crippen LogP contribution >= 0.6 is 0 Å². The molecule has 1 aromatic carbocycles. The lowest BCUT2D eigenvalue weighted by atomic mass is 9.85. The normalized spacial score (nSPS) is 22.3. The Hall–Kier alpha value is -3.25. The third-order valence-corrected chi connectivity index (χ3v) is 7.33. The first kappa shape index (κ1) is 20.4. The second kappa shape index (κ2) is 7.96. The molecule has 6 heteroatoms. The second-order valence-electron chi connectivity index (χ2n) is 9.85. The number of pyridine rings is 1. The Balaban J connectivity index is 1.44. The highest BCUT2D eigenvalue weighted by atomic mass is 15.3. The minimum Gasteiger partial charge on any atom is -0.383 e. The molecule has 0 spiro atoms. The SMILES string of the molecule is CC(C)c1c(C2C[C@H]3CC[C@@H](C2)N3)nc2c(-c3ccc(-c4ccccc4)nc3)cnn2c1N. The number of aromatic nitrogens is 4. The van der Waals surface area contributed by atoms with E-state index >= 15 is 0 Å². The maximum absolute atomic E-state index is 6.73. The summed E-state index contributed by atoms with van der Waals surface area (Å²) in [5, 5.41) is 8.39. The van der Waals surface area contributed by atoms with Gasteiger partial charge in [0, 0.05) is 46.5 Å². The van der Waals surface area contributed by atoms with E-state index in [4.69, 9.17) is 15.7 Å². The number of nitrogens with one attached hydrogen (secondary N) is 1. The lowest BCUT2D eigenvalue weighted by molar-refractivity contribution is 0.357. The van der Waals surface area contributed by atoms with Crippen molar-refractivity contribution in [3.05, 3.63) is 66.1 Å². The summed E-state index contributed by atoms with van der Waals surface area (Å²) in [5.41, 5.74) is 13.9. The highest BCUT2D eigenvalue weighted by Gasteiger charge is 2.36. The average molecular weight is 439 g/mol.